The zero-order chi connectivity index (χ0) is 8.55. The van der Waals surface area contributed by atoms with Gasteiger partial charge in [0.2, 0.25) is 0 Å². The van der Waals surface area contributed by atoms with Gasteiger partial charge in [0.25, 0.3) is 0 Å². The van der Waals surface area contributed by atoms with Gasteiger partial charge < -0.3 is 5.11 Å². The predicted molar refractivity (Wildman–Crippen MR) is 46.6 cm³/mol. The first-order chi connectivity index (χ1) is 5.77. The van der Waals surface area contributed by atoms with Crippen molar-refractivity contribution in [1.29, 1.82) is 0 Å². The molecule has 4 heteroatoms. The number of carbonyl (C=O) groups is 1. The maximum Gasteiger partial charge on any atom is 0.354 e. The van der Waals surface area contributed by atoms with Gasteiger partial charge in [-0.25, -0.2) is 9.78 Å². The van der Waals surface area contributed by atoms with Crippen LogP contribution in [0.3, 0.4) is 0 Å². The molecular weight excluding hydrogens is 174 g/mol. The van der Waals surface area contributed by atoms with Gasteiger partial charge in [-0.05, 0) is 23.6 Å². The Bertz CT molecular complexity index is 435. The van der Waals surface area contributed by atoms with E-state index in [9.17, 15) is 4.79 Å². The monoisotopic (exact) mass is 179 g/mol. The predicted octanol–water partition coefficient (Wildman–Crippen LogP) is 1.99. The van der Waals surface area contributed by atoms with Crippen LogP contribution in [-0.2, 0) is 0 Å². The van der Waals surface area contributed by atoms with E-state index in [0.717, 1.165) is 10.2 Å². The standard InChI is InChI=1S/C8H5NO2S/c10-8(11)6-1-2-7-5(9-6)3-4-12-7/h1-4H,(H,10,11). The zero-order valence-electron chi connectivity index (χ0n) is 6.02. The Hall–Kier alpha value is -1.42. The van der Waals surface area contributed by atoms with E-state index in [1.54, 1.807) is 17.4 Å². The van der Waals surface area contributed by atoms with Gasteiger partial charge >= 0.3 is 5.97 Å². The van der Waals surface area contributed by atoms with Gasteiger partial charge in [-0.15, -0.1) is 11.3 Å². The fraction of sp³-hybridized carbons (Fsp3) is 0. The molecule has 0 aliphatic rings. The van der Waals surface area contributed by atoms with Crippen molar-refractivity contribution in [3.05, 3.63) is 29.3 Å². The number of pyridine rings is 1. The lowest BCUT2D eigenvalue weighted by molar-refractivity contribution is 0.0691. The van der Waals surface area contributed by atoms with Gasteiger partial charge in [-0.2, -0.15) is 0 Å². The summed E-state index contributed by atoms with van der Waals surface area (Å²) in [4.78, 5) is 14.5. The summed E-state index contributed by atoms with van der Waals surface area (Å²) in [5, 5.41) is 10.5. The third-order valence-corrected chi connectivity index (χ3v) is 2.40. The van der Waals surface area contributed by atoms with Crippen LogP contribution in [-0.4, -0.2) is 16.1 Å². The minimum Gasteiger partial charge on any atom is -0.477 e. The van der Waals surface area contributed by atoms with Gasteiger partial charge in [-0.1, -0.05) is 0 Å². The van der Waals surface area contributed by atoms with E-state index in [1.165, 1.54) is 6.07 Å². The average Bonchev–Trinajstić information content (AvgIpc) is 2.49. The lowest BCUT2D eigenvalue weighted by Gasteiger charge is -1.92. The summed E-state index contributed by atoms with van der Waals surface area (Å²) < 4.78 is 1.01. The fourth-order valence-corrected chi connectivity index (χ4v) is 1.70. The Kier molecular flexibility index (Phi) is 1.55. The molecule has 0 bridgehead atoms. The molecule has 0 fully saturated rings. The van der Waals surface area contributed by atoms with E-state index in [4.69, 9.17) is 5.11 Å². The topological polar surface area (TPSA) is 50.2 Å². The van der Waals surface area contributed by atoms with Crippen LogP contribution < -0.4 is 0 Å². The highest BCUT2D eigenvalue weighted by atomic mass is 32.1. The second kappa shape index (κ2) is 2.57. The molecule has 60 valence electrons. The van der Waals surface area contributed by atoms with Crippen molar-refractivity contribution in [1.82, 2.24) is 4.98 Å². The second-order valence-electron chi connectivity index (χ2n) is 2.31. The molecule has 2 heterocycles. The van der Waals surface area contributed by atoms with Crippen molar-refractivity contribution in [3.63, 3.8) is 0 Å². The van der Waals surface area contributed by atoms with Gasteiger partial charge in [0, 0.05) is 0 Å². The molecular formula is C8H5NO2S. The first-order valence-corrected chi connectivity index (χ1v) is 4.23. The number of hydrogen-bond acceptors (Lipinski definition) is 3. The number of rotatable bonds is 1. The van der Waals surface area contributed by atoms with Gasteiger partial charge in [-0.3, -0.25) is 0 Å². The van der Waals surface area contributed by atoms with Crippen LogP contribution in [0, 0.1) is 0 Å². The minimum absolute atomic E-state index is 0.0981. The molecule has 12 heavy (non-hydrogen) atoms. The summed E-state index contributed by atoms with van der Waals surface area (Å²) in [5.74, 6) is -0.983. The lowest BCUT2D eigenvalue weighted by atomic mass is 10.3. The molecule has 0 saturated carbocycles. The van der Waals surface area contributed by atoms with Crippen molar-refractivity contribution in [3.8, 4) is 0 Å². The van der Waals surface area contributed by atoms with E-state index >= 15 is 0 Å². The number of hydrogen-bond donors (Lipinski definition) is 1. The summed E-state index contributed by atoms with van der Waals surface area (Å²) >= 11 is 1.55. The van der Waals surface area contributed by atoms with E-state index < -0.39 is 5.97 Å². The van der Waals surface area contributed by atoms with Gasteiger partial charge in [0.15, 0.2) is 0 Å². The molecule has 0 unspecified atom stereocenters. The molecule has 2 aromatic heterocycles. The van der Waals surface area contributed by atoms with Crippen LogP contribution >= 0.6 is 11.3 Å². The summed E-state index contributed by atoms with van der Waals surface area (Å²) in [6.45, 7) is 0. The summed E-state index contributed by atoms with van der Waals surface area (Å²) in [6, 6.07) is 5.10. The Morgan fingerprint density at radius 3 is 3.00 bits per heavy atom. The highest BCUT2D eigenvalue weighted by molar-refractivity contribution is 7.17. The Balaban J connectivity index is 2.68. The molecule has 0 aliphatic heterocycles. The molecule has 0 aliphatic carbocycles. The van der Waals surface area contributed by atoms with Crippen molar-refractivity contribution >= 4 is 27.5 Å². The van der Waals surface area contributed by atoms with Crippen LogP contribution in [0.25, 0.3) is 10.2 Å². The fourth-order valence-electron chi connectivity index (χ4n) is 0.972. The highest BCUT2D eigenvalue weighted by Gasteiger charge is 2.04. The maximum atomic E-state index is 10.5. The van der Waals surface area contributed by atoms with Crippen LogP contribution in [0.1, 0.15) is 10.5 Å². The molecule has 3 nitrogen and oxygen atoms in total. The number of carboxylic acids is 1. The lowest BCUT2D eigenvalue weighted by Crippen LogP contribution is -1.98. The van der Waals surface area contributed by atoms with E-state index in [2.05, 4.69) is 4.98 Å². The van der Waals surface area contributed by atoms with E-state index in [1.807, 2.05) is 11.4 Å². The number of thiophene rings is 1. The van der Waals surface area contributed by atoms with Crippen molar-refractivity contribution in [2.24, 2.45) is 0 Å². The first-order valence-electron chi connectivity index (χ1n) is 3.35. The number of aromatic nitrogens is 1. The normalized spacial score (nSPS) is 10.3. The third-order valence-electron chi connectivity index (χ3n) is 1.53. The quantitative estimate of drug-likeness (QED) is 0.728. The first kappa shape index (κ1) is 7.24. The molecule has 0 amide bonds. The minimum atomic E-state index is -0.983. The van der Waals surface area contributed by atoms with Crippen LogP contribution in [0.4, 0.5) is 0 Å². The molecule has 0 spiro atoms. The SMILES string of the molecule is O=C(O)c1ccc2sccc2n1. The largest absolute Gasteiger partial charge is 0.477 e. The number of aromatic carboxylic acids is 1. The van der Waals surface area contributed by atoms with Gasteiger partial charge in [0.1, 0.15) is 5.69 Å². The smallest absolute Gasteiger partial charge is 0.354 e. The van der Waals surface area contributed by atoms with E-state index in [0.29, 0.717) is 0 Å². The Labute approximate surface area is 72.3 Å². The molecule has 0 atom stereocenters. The Morgan fingerprint density at radius 1 is 1.42 bits per heavy atom. The molecule has 0 radical (unpaired) electrons. The number of carboxylic acid groups (broad SMARTS) is 1. The van der Waals surface area contributed by atoms with Crippen LogP contribution in [0.15, 0.2) is 23.6 Å². The molecule has 1 N–H and O–H groups in total. The van der Waals surface area contributed by atoms with Crippen molar-refractivity contribution < 1.29 is 9.90 Å². The molecule has 0 aromatic carbocycles. The number of nitrogens with zero attached hydrogens (tertiary/aromatic N) is 1. The molecule has 2 rings (SSSR count). The van der Waals surface area contributed by atoms with E-state index in [-0.39, 0.29) is 5.69 Å². The Morgan fingerprint density at radius 2 is 2.25 bits per heavy atom. The number of fused-ring (bicyclic) bond motifs is 1. The maximum absolute atomic E-state index is 10.5. The molecule has 0 saturated heterocycles. The van der Waals surface area contributed by atoms with Gasteiger partial charge in [0.05, 0.1) is 10.2 Å². The second-order valence-corrected chi connectivity index (χ2v) is 3.25. The highest BCUT2D eigenvalue weighted by Crippen LogP contribution is 2.18. The summed E-state index contributed by atoms with van der Waals surface area (Å²) in [6.07, 6.45) is 0. The van der Waals surface area contributed by atoms with Crippen LogP contribution in [0.2, 0.25) is 0 Å². The van der Waals surface area contributed by atoms with Crippen molar-refractivity contribution in [2.45, 2.75) is 0 Å². The average molecular weight is 179 g/mol. The summed E-state index contributed by atoms with van der Waals surface area (Å²) in [5.41, 5.74) is 0.848. The van der Waals surface area contributed by atoms with Crippen molar-refractivity contribution in [2.75, 3.05) is 0 Å². The third kappa shape index (κ3) is 1.06. The molecule has 2 aromatic rings. The zero-order valence-corrected chi connectivity index (χ0v) is 6.84. The van der Waals surface area contributed by atoms with Crippen LogP contribution in [0.5, 0.6) is 0 Å². The summed E-state index contributed by atoms with van der Waals surface area (Å²) in [7, 11) is 0.